The van der Waals surface area contributed by atoms with Crippen molar-refractivity contribution in [2.45, 2.75) is 0 Å². The smallest absolute Gasteiger partial charge is 0.278 e. The van der Waals surface area contributed by atoms with Crippen molar-refractivity contribution < 1.29 is 10.0 Å². The van der Waals surface area contributed by atoms with Crippen LogP contribution in [-0.4, -0.2) is 16.2 Å². The first kappa shape index (κ1) is 8.19. The molecule has 0 radical (unpaired) electrons. The van der Waals surface area contributed by atoms with Gasteiger partial charge in [0.25, 0.3) is 5.69 Å². The topological polar surface area (TPSA) is 87.2 Å². The van der Waals surface area contributed by atoms with Gasteiger partial charge in [-0.25, -0.2) is 0 Å². The van der Waals surface area contributed by atoms with E-state index >= 15 is 0 Å². The summed E-state index contributed by atoms with van der Waals surface area (Å²) in [5.74, 6) is -0.0842. The Morgan fingerprint density at radius 2 is 2.25 bits per heavy atom. The molecule has 0 bridgehead atoms. The molecule has 1 rings (SSSR count). The van der Waals surface area contributed by atoms with Crippen molar-refractivity contribution in [3.8, 4) is 5.75 Å². The Morgan fingerprint density at radius 3 is 2.75 bits per heavy atom. The molecule has 0 amide bonds. The lowest BCUT2D eigenvalue weighted by molar-refractivity contribution is -0.385. The molecule has 1 aromatic rings. The van der Waals surface area contributed by atoms with Gasteiger partial charge in [0.1, 0.15) is 5.75 Å². The maximum absolute atomic E-state index is 10.3. The number of hydrogen-bond donors (Lipinski definition) is 2. The van der Waals surface area contributed by atoms with Crippen LogP contribution in [0, 0.1) is 15.5 Å². The number of benzene rings is 1. The largest absolute Gasteiger partial charge is 0.508 e. The minimum atomic E-state index is -0.597. The third kappa shape index (κ3) is 1.39. The quantitative estimate of drug-likeness (QED) is 0.394. The number of phenolic OH excluding ortho intramolecular Hbond substituents is 1. The molecule has 12 heavy (non-hydrogen) atoms. The molecule has 5 heteroatoms. The molecule has 1 aromatic carbocycles. The number of rotatable bonds is 2. The molecule has 0 aromatic heterocycles. The first-order valence-corrected chi connectivity index (χ1v) is 3.13. The highest BCUT2D eigenvalue weighted by Gasteiger charge is 2.11. The van der Waals surface area contributed by atoms with Crippen LogP contribution in [0.3, 0.4) is 0 Å². The van der Waals surface area contributed by atoms with Crippen LogP contribution < -0.4 is 0 Å². The zero-order valence-electron chi connectivity index (χ0n) is 6.02. The van der Waals surface area contributed by atoms with Crippen molar-refractivity contribution in [1.82, 2.24) is 0 Å². The number of nitrogens with zero attached hydrogens (tertiary/aromatic N) is 1. The van der Waals surface area contributed by atoms with E-state index in [1.165, 1.54) is 12.1 Å². The summed E-state index contributed by atoms with van der Waals surface area (Å²) in [6, 6.07) is 3.55. The van der Waals surface area contributed by atoms with Crippen LogP contribution in [0.15, 0.2) is 18.2 Å². The molecule has 62 valence electrons. The Kier molecular flexibility index (Phi) is 2.05. The van der Waals surface area contributed by atoms with E-state index in [4.69, 9.17) is 10.5 Å². The average Bonchev–Trinajstić information content (AvgIpc) is 2.03. The highest BCUT2D eigenvalue weighted by Crippen LogP contribution is 2.20. The molecule has 0 aliphatic carbocycles. The van der Waals surface area contributed by atoms with Crippen LogP contribution in [0.4, 0.5) is 5.69 Å². The van der Waals surface area contributed by atoms with Gasteiger partial charge in [-0.15, -0.1) is 0 Å². The van der Waals surface area contributed by atoms with Gasteiger partial charge >= 0.3 is 0 Å². The van der Waals surface area contributed by atoms with E-state index in [-0.39, 0.29) is 17.0 Å². The number of nitro groups is 1. The van der Waals surface area contributed by atoms with Crippen molar-refractivity contribution in [1.29, 1.82) is 5.41 Å². The Hall–Kier alpha value is -1.91. The number of nitrogens with one attached hydrogen (secondary N) is 1. The van der Waals surface area contributed by atoms with E-state index in [1.54, 1.807) is 0 Å². The second-order valence-electron chi connectivity index (χ2n) is 2.14. The minimum Gasteiger partial charge on any atom is -0.508 e. The highest BCUT2D eigenvalue weighted by atomic mass is 16.6. The highest BCUT2D eigenvalue weighted by molar-refractivity contribution is 5.83. The van der Waals surface area contributed by atoms with Crippen LogP contribution in [0.25, 0.3) is 0 Å². The van der Waals surface area contributed by atoms with E-state index in [0.29, 0.717) is 0 Å². The van der Waals surface area contributed by atoms with Crippen molar-refractivity contribution >= 4 is 11.9 Å². The van der Waals surface area contributed by atoms with Crippen LogP contribution in [0.2, 0.25) is 0 Å². The summed E-state index contributed by atoms with van der Waals surface area (Å²) in [7, 11) is 0. The summed E-state index contributed by atoms with van der Waals surface area (Å²) in [6.45, 7) is 0. The van der Waals surface area contributed by atoms with Crippen LogP contribution >= 0.6 is 0 Å². The number of phenols is 1. The number of nitro benzene ring substituents is 1. The van der Waals surface area contributed by atoms with Crippen molar-refractivity contribution in [3.05, 3.63) is 33.9 Å². The monoisotopic (exact) mass is 166 g/mol. The van der Waals surface area contributed by atoms with Crippen LogP contribution in [-0.2, 0) is 0 Å². The van der Waals surface area contributed by atoms with Crippen LogP contribution in [0.1, 0.15) is 5.56 Å². The normalized spacial score (nSPS) is 9.33. The third-order valence-electron chi connectivity index (χ3n) is 1.36. The van der Waals surface area contributed by atoms with Crippen molar-refractivity contribution in [2.24, 2.45) is 0 Å². The van der Waals surface area contributed by atoms with Crippen molar-refractivity contribution in [2.75, 3.05) is 0 Å². The predicted octanol–water partition coefficient (Wildman–Crippen LogP) is 1.30. The summed E-state index contributed by atoms with van der Waals surface area (Å²) in [5, 5.41) is 26.1. The molecule has 0 unspecified atom stereocenters. The SMILES string of the molecule is N=Cc1cc(O)ccc1[N+](=O)[O-]. The summed E-state index contributed by atoms with van der Waals surface area (Å²) in [6.07, 6.45) is 0.831. The van der Waals surface area contributed by atoms with Gasteiger partial charge in [-0.3, -0.25) is 10.1 Å². The lowest BCUT2D eigenvalue weighted by Crippen LogP contribution is -1.93. The maximum atomic E-state index is 10.3. The Morgan fingerprint density at radius 1 is 1.58 bits per heavy atom. The predicted molar refractivity (Wildman–Crippen MR) is 42.6 cm³/mol. The molecule has 0 heterocycles. The lowest BCUT2D eigenvalue weighted by Gasteiger charge is -1.96. The molecule has 0 fully saturated rings. The molecule has 0 aliphatic rings. The third-order valence-corrected chi connectivity index (χ3v) is 1.36. The van der Waals surface area contributed by atoms with Gasteiger partial charge in [-0.1, -0.05) is 0 Å². The minimum absolute atomic E-state index is 0.0842. The molecule has 0 aliphatic heterocycles. The Balaban J connectivity index is 3.29. The maximum Gasteiger partial charge on any atom is 0.278 e. The summed E-state index contributed by atoms with van der Waals surface area (Å²) in [4.78, 5) is 9.72. The van der Waals surface area contributed by atoms with E-state index in [0.717, 1.165) is 12.3 Å². The average molecular weight is 166 g/mol. The van der Waals surface area contributed by atoms with Crippen molar-refractivity contribution in [3.63, 3.8) is 0 Å². The Labute approximate surface area is 67.9 Å². The molecular formula is C7H6N2O3. The zero-order valence-corrected chi connectivity index (χ0v) is 6.02. The van der Waals surface area contributed by atoms with Gasteiger partial charge in [0.2, 0.25) is 0 Å². The fraction of sp³-hybridized carbons (Fsp3) is 0. The molecule has 0 saturated carbocycles. The second-order valence-corrected chi connectivity index (χ2v) is 2.14. The first-order valence-electron chi connectivity index (χ1n) is 3.13. The molecule has 0 spiro atoms. The standard InChI is InChI=1S/C7H6N2O3/c8-4-5-3-6(10)1-2-7(5)9(11)12/h1-4,8,10H. The van der Waals surface area contributed by atoms with E-state index in [9.17, 15) is 10.1 Å². The van der Waals surface area contributed by atoms with Gasteiger partial charge in [0, 0.05) is 12.3 Å². The van der Waals surface area contributed by atoms with Gasteiger partial charge in [0.05, 0.1) is 10.5 Å². The molecule has 0 saturated heterocycles. The van der Waals surface area contributed by atoms with Gasteiger partial charge in [-0.2, -0.15) is 0 Å². The van der Waals surface area contributed by atoms with Gasteiger partial charge < -0.3 is 10.5 Å². The fourth-order valence-electron chi connectivity index (χ4n) is 0.824. The van der Waals surface area contributed by atoms with Gasteiger partial charge in [-0.05, 0) is 12.1 Å². The second kappa shape index (κ2) is 3.00. The van der Waals surface area contributed by atoms with Crippen LogP contribution in [0.5, 0.6) is 5.75 Å². The van der Waals surface area contributed by atoms with E-state index < -0.39 is 4.92 Å². The zero-order chi connectivity index (χ0) is 9.14. The molecule has 5 nitrogen and oxygen atoms in total. The number of aromatic hydroxyl groups is 1. The van der Waals surface area contributed by atoms with Gasteiger partial charge in [0.15, 0.2) is 0 Å². The lowest BCUT2D eigenvalue weighted by atomic mass is 10.2. The summed E-state index contributed by atoms with van der Waals surface area (Å²) >= 11 is 0. The fourth-order valence-corrected chi connectivity index (χ4v) is 0.824. The van der Waals surface area contributed by atoms with E-state index in [2.05, 4.69) is 0 Å². The number of hydrogen-bond acceptors (Lipinski definition) is 4. The summed E-state index contributed by atoms with van der Waals surface area (Å²) < 4.78 is 0. The summed E-state index contributed by atoms with van der Waals surface area (Å²) in [5.41, 5.74) is -0.0807. The Bertz CT molecular complexity index is 335. The molecular weight excluding hydrogens is 160 g/mol. The molecule has 0 atom stereocenters. The first-order chi connectivity index (χ1) is 5.65. The molecule has 2 N–H and O–H groups in total. The van der Waals surface area contributed by atoms with E-state index in [1.807, 2.05) is 0 Å².